The second-order valence-electron chi connectivity index (χ2n) is 9.72. The molecule has 10 heteroatoms. The molecule has 2 amide bonds. The molecule has 0 saturated heterocycles. The summed E-state index contributed by atoms with van der Waals surface area (Å²) < 4.78 is 29.6. The Bertz CT molecular complexity index is 1420. The molecule has 39 heavy (non-hydrogen) atoms. The average molecular weight is 635 g/mol. The fourth-order valence-corrected chi connectivity index (χ4v) is 6.06. The Labute approximate surface area is 244 Å². The molecule has 0 aliphatic rings. The minimum Gasteiger partial charge on any atom is -0.354 e. The maximum absolute atomic E-state index is 14.0. The Hall–Kier alpha value is -2.88. The third-order valence-corrected chi connectivity index (χ3v) is 8.65. The number of amides is 2. The van der Waals surface area contributed by atoms with Gasteiger partial charge in [0.05, 0.1) is 10.6 Å². The van der Waals surface area contributed by atoms with Gasteiger partial charge in [0.1, 0.15) is 12.6 Å². The number of carbonyl (C=O) groups is 2. The normalized spacial score (nSPS) is 12.2. The van der Waals surface area contributed by atoms with E-state index in [1.165, 1.54) is 23.1 Å². The molecule has 0 unspecified atom stereocenters. The highest BCUT2D eigenvalue weighted by Crippen LogP contribution is 2.30. The van der Waals surface area contributed by atoms with Crippen molar-refractivity contribution in [3.05, 3.63) is 93.4 Å². The lowest BCUT2D eigenvalue weighted by Gasteiger charge is -2.32. The number of sulfonamides is 1. The van der Waals surface area contributed by atoms with Crippen LogP contribution in [-0.2, 0) is 26.2 Å². The van der Waals surface area contributed by atoms with Crippen LogP contribution in [0.5, 0.6) is 0 Å². The van der Waals surface area contributed by atoms with Crippen LogP contribution in [0.15, 0.2) is 82.2 Å². The van der Waals surface area contributed by atoms with E-state index < -0.39 is 28.5 Å². The zero-order valence-electron chi connectivity index (χ0n) is 22.4. The molecule has 7 nitrogen and oxygen atoms in total. The van der Waals surface area contributed by atoms with Gasteiger partial charge in [-0.3, -0.25) is 13.9 Å². The van der Waals surface area contributed by atoms with Gasteiger partial charge in [0, 0.05) is 22.6 Å². The number of hydrogen-bond acceptors (Lipinski definition) is 4. The highest BCUT2D eigenvalue weighted by Gasteiger charge is 2.33. The van der Waals surface area contributed by atoms with Crippen molar-refractivity contribution in [1.82, 2.24) is 10.2 Å². The molecule has 3 rings (SSSR count). The summed E-state index contributed by atoms with van der Waals surface area (Å²) in [5.41, 5.74) is 1.71. The molecule has 3 aromatic carbocycles. The highest BCUT2D eigenvalue weighted by atomic mass is 79.9. The van der Waals surface area contributed by atoms with E-state index in [1.807, 2.05) is 38.1 Å². The van der Waals surface area contributed by atoms with Crippen molar-refractivity contribution in [3.63, 3.8) is 0 Å². The Morgan fingerprint density at radius 3 is 2.31 bits per heavy atom. The van der Waals surface area contributed by atoms with Gasteiger partial charge < -0.3 is 10.2 Å². The molecular formula is C29H33BrClN3O4S. The van der Waals surface area contributed by atoms with E-state index >= 15 is 0 Å². The van der Waals surface area contributed by atoms with Crippen LogP contribution < -0.4 is 9.62 Å². The van der Waals surface area contributed by atoms with Gasteiger partial charge in [0.25, 0.3) is 10.0 Å². The molecule has 0 saturated carbocycles. The maximum Gasteiger partial charge on any atom is 0.264 e. The van der Waals surface area contributed by atoms with Crippen LogP contribution in [0.2, 0.25) is 5.02 Å². The molecule has 3 aromatic rings. The van der Waals surface area contributed by atoms with Crippen molar-refractivity contribution in [1.29, 1.82) is 0 Å². The fraction of sp³-hybridized carbons (Fsp3) is 0.310. The van der Waals surface area contributed by atoms with E-state index in [-0.39, 0.29) is 23.3 Å². The van der Waals surface area contributed by atoms with E-state index in [0.29, 0.717) is 22.8 Å². The van der Waals surface area contributed by atoms with Crippen LogP contribution in [-0.4, -0.2) is 44.3 Å². The summed E-state index contributed by atoms with van der Waals surface area (Å²) in [5, 5.41) is 3.22. The number of aryl methyl sites for hydroxylation is 1. The zero-order valence-corrected chi connectivity index (χ0v) is 25.6. The van der Waals surface area contributed by atoms with Gasteiger partial charge in [0.2, 0.25) is 11.8 Å². The van der Waals surface area contributed by atoms with E-state index in [2.05, 4.69) is 21.2 Å². The zero-order chi connectivity index (χ0) is 28.7. The van der Waals surface area contributed by atoms with Crippen molar-refractivity contribution in [2.75, 3.05) is 17.4 Å². The van der Waals surface area contributed by atoms with E-state index in [9.17, 15) is 18.0 Å². The van der Waals surface area contributed by atoms with Crippen molar-refractivity contribution in [3.8, 4) is 0 Å². The van der Waals surface area contributed by atoms with Gasteiger partial charge in [-0.25, -0.2) is 8.42 Å². The molecule has 0 heterocycles. The lowest BCUT2D eigenvalue weighted by Crippen LogP contribution is -2.51. The van der Waals surface area contributed by atoms with Crippen LogP contribution in [0.3, 0.4) is 0 Å². The Balaban J connectivity index is 2.04. The van der Waals surface area contributed by atoms with Crippen molar-refractivity contribution in [2.24, 2.45) is 5.92 Å². The van der Waals surface area contributed by atoms with Gasteiger partial charge in [0.15, 0.2) is 0 Å². The summed E-state index contributed by atoms with van der Waals surface area (Å²) in [5.74, 6) is -0.614. The number of benzene rings is 3. The maximum atomic E-state index is 14.0. The monoisotopic (exact) mass is 633 g/mol. The predicted octanol–water partition coefficient (Wildman–Crippen LogP) is 5.80. The Kier molecular flexibility index (Phi) is 10.6. The van der Waals surface area contributed by atoms with E-state index in [4.69, 9.17) is 11.6 Å². The lowest BCUT2D eigenvalue weighted by atomic mass is 10.1. The Morgan fingerprint density at radius 1 is 0.974 bits per heavy atom. The van der Waals surface area contributed by atoms with Crippen molar-refractivity contribution in [2.45, 2.75) is 45.2 Å². The van der Waals surface area contributed by atoms with Crippen LogP contribution in [0.4, 0.5) is 5.69 Å². The largest absolute Gasteiger partial charge is 0.354 e. The highest BCUT2D eigenvalue weighted by molar-refractivity contribution is 9.10. The molecule has 0 fully saturated rings. The van der Waals surface area contributed by atoms with Gasteiger partial charge in [-0.15, -0.1) is 0 Å². The van der Waals surface area contributed by atoms with Gasteiger partial charge >= 0.3 is 0 Å². The standard InChI is InChI=1S/C29H33BrClN3O4S/c1-20(2)17-32-29(36)22(4)33(18-23-9-8-10-24(30)15-23)28(35)19-34(27-16-25(31)14-13-21(27)3)39(37,38)26-11-6-5-7-12-26/h5-16,20,22H,17-19H2,1-4H3,(H,32,36)/t22-/m0/s1. The molecule has 208 valence electrons. The molecule has 0 aromatic heterocycles. The van der Waals surface area contributed by atoms with Crippen molar-refractivity contribution < 1.29 is 18.0 Å². The van der Waals surface area contributed by atoms with Crippen LogP contribution in [0, 0.1) is 12.8 Å². The minimum absolute atomic E-state index is 0.0402. The third-order valence-electron chi connectivity index (χ3n) is 6.14. The van der Waals surface area contributed by atoms with E-state index in [1.54, 1.807) is 44.2 Å². The van der Waals surface area contributed by atoms with Gasteiger partial charge in [-0.1, -0.05) is 77.8 Å². The van der Waals surface area contributed by atoms with Gasteiger partial charge in [-0.05, 0) is 67.3 Å². The first-order chi connectivity index (χ1) is 18.4. The first-order valence-corrected chi connectivity index (χ1v) is 15.2. The summed E-state index contributed by atoms with van der Waals surface area (Å²) in [6.45, 7) is 7.41. The number of nitrogens with zero attached hydrogens (tertiary/aromatic N) is 2. The first-order valence-electron chi connectivity index (χ1n) is 12.6. The summed E-state index contributed by atoms with van der Waals surface area (Å²) in [7, 11) is -4.15. The molecule has 0 aliphatic heterocycles. The van der Waals surface area contributed by atoms with Gasteiger partial charge in [-0.2, -0.15) is 0 Å². The minimum atomic E-state index is -4.15. The molecule has 0 radical (unpaired) electrons. The summed E-state index contributed by atoms with van der Waals surface area (Å²) in [4.78, 5) is 28.5. The molecule has 0 spiro atoms. The number of rotatable bonds is 11. The summed E-state index contributed by atoms with van der Waals surface area (Å²) in [6, 6.07) is 19.4. The number of hydrogen-bond donors (Lipinski definition) is 1. The fourth-order valence-electron chi connectivity index (χ4n) is 3.95. The topological polar surface area (TPSA) is 86.8 Å². The van der Waals surface area contributed by atoms with Crippen LogP contribution in [0.25, 0.3) is 0 Å². The molecule has 0 aliphatic carbocycles. The summed E-state index contributed by atoms with van der Waals surface area (Å²) >= 11 is 9.71. The van der Waals surface area contributed by atoms with Crippen LogP contribution >= 0.6 is 27.5 Å². The lowest BCUT2D eigenvalue weighted by molar-refractivity contribution is -0.139. The Morgan fingerprint density at radius 2 is 1.67 bits per heavy atom. The first kappa shape index (κ1) is 30.7. The predicted molar refractivity (Wildman–Crippen MR) is 159 cm³/mol. The number of anilines is 1. The van der Waals surface area contributed by atoms with E-state index in [0.717, 1.165) is 14.3 Å². The second kappa shape index (κ2) is 13.5. The second-order valence-corrected chi connectivity index (χ2v) is 12.9. The van der Waals surface area contributed by atoms with Crippen LogP contribution in [0.1, 0.15) is 31.9 Å². The molecule has 1 N–H and O–H groups in total. The average Bonchev–Trinajstić information content (AvgIpc) is 2.90. The number of halogens is 2. The number of carbonyl (C=O) groups excluding carboxylic acids is 2. The molecular weight excluding hydrogens is 602 g/mol. The SMILES string of the molecule is Cc1ccc(Cl)cc1N(CC(=O)N(Cc1cccc(Br)c1)[C@@H](C)C(=O)NCC(C)C)S(=O)(=O)c1ccccc1. The summed E-state index contributed by atoms with van der Waals surface area (Å²) in [6.07, 6.45) is 0. The quantitative estimate of drug-likeness (QED) is 0.289. The molecule has 1 atom stereocenters. The smallest absolute Gasteiger partial charge is 0.264 e. The third kappa shape index (κ3) is 8.06. The molecule has 0 bridgehead atoms. The van der Waals surface area contributed by atoms with Crippen molar-refractivity contribution >= 4 is 55.1 Å². The number of nitrogens with one attached hydrogen (secondary N) is 1.